The number of pyridine rings is 1. The van der Waals surface area contributed by atoms with Crippen molar-refractivity contribution in [3.05, 3.63) is 17.3 Å². The Morgan fingerprint density at radius 2 is 2.00 bits per heavy atom. The third-order valence-corrected chi connectivity index (χ3v) is 3.02. The molecule has 1 aliphatic heterocycles. The second-order valence-electron chi connectivity index (χ2n) is 3.85. The zero-order valence-electron chi connectivity index (χ0n) is 8.78. The lowest BCUT2D eigenvalue weighted by Gasteiger charge is -2.33. The standard InChI is InChI=1S/C10H15ClN4/c1-14-2-4-15(5-3-14)10-6-8(11)9(12)7-13-10/h6-7H,2-5,12H2,1H3. The van der Waals surface area contributed by atoms with E-state index < -0.39 is 0 Å². The lowest BCUT2D eigenvalue weighted by Crippen LogP contribution is -2.44. The van der Waals surface area contributed by atoms with Gasteiger partial charge in [-0.3, -0.25) is 0 Å². The van der Waals surface area contributed by atoms with E-state index in [2.05, 4.69) is 21.8 Å². The van der Waals surface area contributed by atoms with Crippen molar-refractivity contribution in [1.82, 2.24) is 9.88 Å². The molecule has 0 bridgehead atoms. The summed E-state index contributed by atoms with van der Waals surface area (Å²) in [7, 11) is 2.13. The smallest absolute Gasteiger partial charge is 0.130 e. The first-order valence-corrected chi connectivity index (χ1v) is 5.39. The maximum Gasteiger partial charge on any atom is 0.130 e. The van der Waals surface area contributed by atoms with E-state index in [-0.39, 0.29) is 0 Å². The maximum absolute atomic E-state index is 5.96. The molecule has 0 atom stereocenters. The Labute approximate surface area is 94.6 Å². The Kier molecular flexibility index (Phi) is 2.98. The molecule has 1 aromatic heterocycles. The fourth-order valence-electron chi connectivity index (χ4n) is 1.64. The average molecular weight is 227 g/mol. The number of anilines is 2. The molecule has 2 rings (SSSR count). The SMILES string of the molecule is CN1CCN(c2cc(Cl)c(N)cn2)CC1. The van der Waals surface area contributed by atoms with Gasteiger partial charge in [0.05, 0.1) is 16.9 Å². The van der Waals surface area contributed by atoms with Crippen molar-refractivity contribution in [1.29, 1.82) is 0 Å². The molecule has 2 heterocycles. The van der Waals surface area contributed by atoms with E-state index in [0.717, 1.165) is 32.0 Å². The predicted molar refractivity (Wildman–Crippen MR) is 63.4 cm³/mol. The fraction of sp³-hybridized carbons (Fsp3) is 0.500. The summed E-state index contributed by atoms with van der Waals surface area (Å²) in [6, 6.07) is 1.84. The van der Waals surface area contributed by atoms with Crippen LogP contribution < -0.4 is 10.6 Å². The van der Waals surface area contributed by atoms with Gasteiger partial charge in [-0.15, -0.1) is 0 Å². The van der Waals surface area contributed by atoms with E-state index in [4.69, 9.17) is 17.3 Å². The van der Waals surface area contributed by atoms with Crippen LogP contribution in [0.5, 0.6) is 0 Å². The van der Waals surface area contributed by atoms with Gasteiger partial charge >= 0.3 is 0 Å². The van der Waals surface area contributed by atoms with Crippen molar-refractivity contribution < 1.29 is 0 Å². The number of hydrogen-bond acceptors (Lipinski definition) is 4. The lowest BCUT2D eigenvalue weighted by atomic mass is 10.3. The number of halogens is 1. The summed E-state index contributed by atoms with van der Waals surface area (Å²) in [4.78, 5) is 8.81. The first kappa shape index (κ1) is 10.5. The molecule has 4 nitrogen and oxygen atoms in total. The molecule has 0 aliphatic carbocycles. The first-order chi connectivity index (χ1) is 7.16. The van der Waals surface area contributed by atoms with Gasteiger partial charge in [0, 0.05) is 32.2 Å². The van der Waals surface area contributed by atoms with Crippen LogP contribution in [0.4, 0.5) is 11.5 Å². The molecule has 1 aromatic rings. The molecule has 1 fully saturated rings. The largest absolute Gasteiger partial charge is 0.396 e. The van der Waals surface area contributed by atoms with Crippen LogP contribution in [0.2, 0.25) is 5.02 Å². The number of nitrogen functional groups attached to an aromatic ring is 1. The highest BCUT2D eigenvalue weighted by molar-refractivity contribution is 6.33. The molecule has 82 valence electrons. The predicted octanol–water partition coefficient (Wildman–Crippen LogP) is 1.07. The lowest BCUT2D eigenvalue weighted by molar-refractivity contribution is 0.312. The Balaban J connectivity index is 2.12. The molecule has 1 saturated heterocycles. The molecular weight excluding hydrogens is 212 g/mol. The highest BCUT2D eigenvalue weighted by Gasteiger charge is 2.15. The molecule has 0 radical (unpaired) electrons. The molecular formula is C10H15ClN4. The van der Waals surface area contributed by atoms with Crippen LogP contribution >= 0.6 is 11.6 Å². The third-order valence-electron chi connectivity index (χ3n) is 2.69. The fourth-order valence-corrected chi connectivity index (χ4v) is 1.79. The maximum atomic E-state index is 5.96. The van der Waals surface area contributed by atoms with Gasteiger partial charge < -0.3 is 15.5 Å². The summed E-state index contributed by atoms with van der Waals surface area (Å²) in [5.41, 5.74) is 6.16. The van der Waals surface area contributed by atoms with Crippen LogP contribution in [-0.2, 0) is 0 Å². The van der Waals surface area contributed by atoms with Crippen LogP contribution in [0.25, 0.3) is 0 Å². The summed E-state index contributed by atoms with van der Waals surface area (Å²) in [5, 5.41) is 0.582. The third kappa shape index (κ3) is 2.33. The number of hydrogen-bond donors (Lipinski definition) is 1. The van der Waals surface area contributed by atoms with Gasteiger partial charge in [0.25, 0.3) is 0 Å². The zero-order valence-corrected chi connectivity index (χ0v) is 9.54. The van der Waals surface area contributed by atoms with Gasteiger partial charge in [0.2, 0.25) is 0 Å². The van der Waals surface area contributed by atoms with Gasteiger partial charge in [0.15, 0.2) is 0 Å². The summed E-state index contributed by atoms with van der Waals surface area (Å²) in [6.45, 7) is 4.10. The van der Waals surface area contributed by atoms with Crippen LogP contribution in [0.3, 0.4) is 0 Å². The van der Waals surface area contributed by atoms with Crippen molar-refractivity contribution in [3.8, 4) is 0 Å². The normalized spacial score (nSPS) is 18.1. The van der Waals surface area contributed by atoms with Gasteiger partial charge in [0.1, 0.15) is 5.82 Å². The van der Waals surface area contributed by atoms with E-state index in [9.17, 15) is 0 Å². The molecule has 0 amide bonds. The minimum Gasteiger partial charge on any atom is -0.396 e. The van der Waals surface area contributed by atoms with Crippen LogP contribution in [0.1, 0.15) is 0 Å². The van der Waals surface area contributed by atoms with Crippen molar-refractivity contribution in [2.75, 3.05) is 43.9 Å². The Hall–Kier alpha value is -1.00. The molecule has 5 heteroatoms. The van der Waals surface area contributed by atoms with Gasteiger partial charge in [-0.2, -0.15) is 0 Å². The van der Waals surface area contributed by atoms with Crippen LogP contribution in [-0.4, -0.2) is 43.1 Å². The highest BCUT2D eigenvalue weighted by Crippen LogP contribution is 2.23. The number of nitrogens with zero attached hydrogens (tertiary/aromatic N) is 3. The molecule has 15 heavy (non-hydrogen) atoms. The molecule has 2 N–H and O–H groups in total. The van der Waals surface area contributed by atoms with Gasteiger partial charge in [-0.05, 0) is 7.05 Å². The number of rotatable bonds is 1. The summed E-state index contributed by atoms with van der Waals surface area (Å²) in [6.07, 6.45) is 1.62. The average Bonchev–Trinajstić information content (AvgIpc) is 2.23. The molecule has 0 saturated carbocycles. The second-order valence-corrected chi connectivity index (χ2v) is 4.26. The van der Waals surface area contributed by atoms with E-state index in [0.29, 0.717) is 10.7 Å². The highest BCUT2D eigenvalue weighted by atomic mass is 35.5. The Morgan fingerprint density at radius 3 is 2.60 bits per heavy atom. The monoisotopic (exact) mass is 226 g/mol. The number of nitrogens with two attached hydrogens (primary N) is 1. The molecule has 0 unspecified atom stereocenters. The van der Waals surface area contributed by atoms with E-state index in [1.807, 2.05) is 6.07 Å². The first-order valence-electron chi connectivity index (χ1n) is 5.01. The summed E-state index contributed by atoms with van der Waals surface area (Å²) < 4.78 is 0. The minimum atomic E-state index is 0.537. The number of piperazine rings is 1. The summed E-state index contributed by atoms with van der Waals surface area (Å²) in [5.74, 6) is 0.919. The van der Waals surface area contributed by atoms with E-state index in [1.165, 1.54) is 0 Å². The Morgan fingerprint density at radius 1 is 1.33 bits per heavy atom. The summed E-state index contributed by atoms with van der Waals surface area (Å²) >= 11 is 5.96. The van der Waals surface area contributed by atoms with Crippen LogP contribution in [0.15, 0.2) is 12.3 Å². The van der Waals surface area contributed by atoms with Crippen molar-refractivity contribution >= 4 is 23.1 Å². The Bertz CT molecular complexity index is 347. The van der Waals surface area contributed by atoms with Gasteiger partial charge in [-0.25, -0.2) is 4.98 Å². The number of aromatic nitrogens is 1. The van der Waals surface area contributed by atoms with E-state index >= 15 is 0 Å². The second kappa shape index (κ2) is 4.24. The minimum absolute atomic E-state index is 0.537. The quantitative estimate of drug-likeness (QED) is 0.778. The van der Waals surface area contributed by atoms with Crippen molar-refractivity contribution in [2.24, 2.45) is 0 Å². The topological polar surface area (TPSA) is 45.4 Å². The van der Waals surface area contributed by atoms with Crippen LogP contribution in [0, 0.1) is 0 Å². The van der Waals surface area contributed by atoms with Crippen molar-refractivity contribution in [3.63, 3.8) is 0 Å². The zero-order chi connectivity index (χ0) is 10.8. The van der Waals surface area contributed by atoms with E-state index in [1.54, 1.807) is 6.20 Å². The van der Waals surface area contributed by atoms with Gasteiger partial charge in [-0.1, -0.05) is 11.6 Å². The van der Waals surface area contributed by atoms with Crippen molar-refractivity contribution in [2.45, 2.75) is 0 Å². The molecule has 0 spiro atoms. The molecule has 1 aliphatic rings. The number of likely N-dealkylation sites (N-methyl/N-ethyl adjacent to an activating group) is 1. The molecule has 0 aromatic carbocycles.